The number of benzene rings is 1. The molecule has 0 radical (unpaired) electrons. The van der Waals surface area contributed by atoms with E-state index in [1.165, 1.54) is 12.1 Å². The molecular weight excluding hydrogens is 156 g/mol. The van der Waals surface area contributed by atoms with Gasteiger partial charge in [0.05, 0.1) is 0 Å². The molecule has 1 aromatic rings. The molecule has 0 atom stereocenters. The van der Waals surface area contributed by atoms with Crippen LogP contribution in [-0.2, 0) is 6.54 Å². The zero-order valence-corrected chi connectivity index (χ0v) is 6.74. The smallest absolute Gasteiger partial charge is 0.120 e. The van der Waals surface area contributed by atoms with Gasteiger partial charge < -0.3 is 10.4 Å². The van der Waals surface area contributed by atoms with Crippen LogP contribution in [0.3, 0.4) is 0 Å². The van der Waals surface area contributed by atoms with Crippen LogP contribution in [0.1, 0.15) is 5.56 Å². The van der Waals surface area contributed by atoms with Gasteiger partial charge in [-0.25, -0.2) is 0 Å². The maximum Gasteiger partial charge on any atom is 0.120 e. The van der Waals surface area contributed by atoms with Crippen molar-refractivity contribution in [2.75, 3.05) is 7.05 Å². The summed E-state index contributed by atoms with van der Waals surface area (Å²) in [5, 5.41) is 14.9. The van der Waals surface area contributed by atoms with Crippen LogP contribution < -0.4 is 5.32 Å². The van der Waals surface area contributed by atoms with E-state index in [-0.39, 0.29) is 5.75 Å². The molecule has 0 saturated carbocycles. The maximum atomic E-state index is 10.1. The summed E-state index contributed by atoms with van der Waals surface area (Å²) in [6.45, 7) is 0.523. The van der Waals surface area contributed by atoms with Crippen LogP contribution in [0.5, 0.6) is 5.75 Å². The first-order chi connectivity index (χ1) is 5.77. The Hall–Kier alpha value is -1.42. The number of rotatable bonds is 3. The number of hydrogen-bond acceptors (Lipinski definition) is 4. The van der Waals surface area contributed by atoms with Gasteiger partial charge >= 0.3 is 0 Å². The van der Waals surface area contributed by atoms with Crippen molar-refractivity contribution in [3.05, 3.63) is 28.7 Å². The summed E-state index contributed by atoms with van der Waals surface area (Å²) in [6, 6.07) is 4.49. The van der Waals surface area contributed by atoms with Crippen molar-refractivity contribution < 1.29 is 5.11 Å². The minimum absolute atomic E-state index is 0.178. The largest absolute Gasteiger partial charge is 0.508 e. The van der Waals surface area contributed by atoms with Gasteiger partial charge in [0.25, 0.3) is 0 Å². The van der Waals surface area contributed by atoms with Crippen LogP contribution in [0, 0.1) is 4.91 Å². The fourth-order valence-corrected chi connectivity index (χ4v) is 0.961. The molecule has 1 rings (SSSR count). The quantitative estimate of drug-likeness (QED) is 0.669. The highest BCUT2D eigenvalue weighted by Gasteiger charge is 2.01. The molecule has 0 amide bonds. The summed E-state index contributed by atoms with van der Waals surface area (Å²) in [6.07, 6.45) is 0. The Morgan fingerprint density at radius 1 is 1.58 bits per heavy atom. The average molecular weight is 166 g/mol. The first-order valence-corrected chi connectivity index (χ1v) is 3.57. The summed E-state index contributed by atoms with van der Waals surface area (Å²) in [5.74, 6) is 0.178. The van der Waals surface area contributed by atoms with Crippen molar-refractivity contribution in [3.63, 3.8) is 0 Å². The Morgan fingerprint density at radius 2 is 2.33 bits per heavy atom. The van der Waals surface area contributed by atoms with Crippen LogP contribution >= 0.6 is 0 Å². The van der Waals surface area contributed by atoms with E-state index in [1.54, 1.807) is 13.1 Å². The standard InChI is InChI=1S/C8H10N2O2/c1-9-5-6-4-7(10-12)2-3-8(6)11/h2-4,9,11H,5H2,1H3. The van der Waals surface area contributed by atoms with Gasteiger partial charge in [0.2, 0.25) is 0 Å². The van der Waals surface area contributed by atoms with E-state index >= 15 is 0 Å². The van der Waals surface area contributed by atoms with E-state index < -0.39 is 0 Å². The van der Waals surface area contributed by atoms with Gasteiger partial charge in [0.15, 0.2) is 0 Å². The number of phenols is 1. The first-order valence-electron chi connectivity index (χ1n) is 3.57. The van der Waals surface area contributed by atoms with E-state index in [2.05, 4.69) is 10.5 Å². The van der Waals surface area contributed by atoms with Gasteiger partial charge in [0, 0.05) is 12.1 Å². The Labute approximate surface area is 70.2 Å². The zero-order chi connectivity index (χ0) is 8.97. The summed E-state index contributed by atoms with van der Waals surface area (Å²) >= 11 is 0. The molecule has 64 valence electrons. The van der Waals surface area contributed by atoms with Crippen molar-refractivity contribution in [1.82, 2.24) is 5.32 Å². The zero-order valence-electron chi connectivity index (χ0n) is 6.74. The van der Waals surface area contributed by atoms with Gasteiger partial charge in [-0.1, -0.05) is 0 Å². The maximum absolute atomic E-state index is 10.1. The Morgan fingerprint density at radius 3 is 2.92 bits per heavy atom. The monoisotopic (exact) mass is 166 g/mol. The number of nitroso groups, excluding NO2 is 1. The van der Waals surface area contributed by atoms with E-state index in [0.717, 1.165) is 0 Å². The molecular formula is C8H10N2O2. The topological polar surface area (TPSA) is 61.7 Å². The number of nitrogens with zero attached hydrogens (tertiary/aromatic N) is 1. The number of nitrogens with one attached hydrogen (secondary N) is 1. The summed E-state index contributed by atoms with van der Waals surface area (Å²) in [4.78, 5) is 10.1. The fourth-order valence-electron chi connectivity index (χ4n) is 0.961. The van der Waals surface area contributed by atoms with Crippen molar-refractivity contribution >= 4 is 5.69 Å². The molecule has 1 aromatic carbocycles. The molecule has 0 spiro atoms. The lowest BCUT2D eigenvalue weighted by Gasteiger charge is -2.02. The van der Waals surface area contributed by atoms with Crippen molar-refractivity contribution in [1.29, 1.82) is 0 Å². The molecule has 12 heavy (non-hydrogen) atoms. The van der Waals surface area contributed by atoms with E-state index in [9.17, 15) is 10.0 Å². The highest BCUT2D eigenvalue weighted by molar-refractivity contribution is 5.46. The molecule has 0 fully saturated rings. The summed E-state index contributed by atoms with van der Waals surface area (Å²) < 4.78 is 0. The lowest BCUT2D eigenvalue weighted by Crippen LogP contribution is -2.04. The minimum atomic E-state index is 0.178. The molecule has 0 aliphatic rings. The van der Waals surface area contributed by atoms with Crippen LogP contribution in [0.25, 0.3) is 0 Å². The Kier molecular flexibility index (Phi) is 2.76. The van der Waals surface area contributed by atoms with E-state index in [1.807, 2.05) is 0 Å². The Balaban J connectivity index is 2.99. The first kappa shape index (κ1) is 8.67. The van der Waals surface area contributed by atoms with Crippen molar-refractivity contribution in [3.8, 4) is 5.75 Å². The highest BCUT2D eigenvalue weighted by Crippen LogP contribution is 2.22. The van der Waals surface area contributed by atoms with Crippen LogP contribution in [0.2, 0.25) is 0 Å². The van der Waals surface area contributed by atoms with Gasteiger partial charge in [-0.3, -0.25) is 0 Å². The number of phenolic OH excluding ortho intramolecular Hbond substituents is 1. The van der Waals surface area contributed by atoms with Crippen molar-refractivity contribution in [2.24, 2.45) is 5.18 Å². The molecule has 0 aliphatic carbocycles. The lowest BCUT2D eigenvalue weighted by atomic mass is 10.2. The van der Waals surface area contributed by atoms with E-state index in [4.69, 9.17) is 0 Å². The molecule has 4 heteroatoms. The third-order valence-electron chi connectivity index (χ3n) is 1.54. The fraction of sp³-hybridized carbons (Fsp3) is 0.250. The third-order valence-corrected chi connectivity index (χ3v) is 1.54. The van der Waals surface area contributed by atoms with Crippen LogP contribution in [-0.4, -0.2) is 12.2 Å². The predicted molar refractivity (Wildman–Crippen MR) is 46.3 cm³/mol. The van der Waals surface area contributed by atoms with Crippen molar-refractivity contribution in [2.45, 2.75) is 6.54 Å². The SMILES string of the molecule is CNCc1cc(N=O)ccc1O. The van der Waals surface area contributed by atoms with E-state index in [0.29, 0.717) is 17.8 Å². The average Bonchev–Trinajstić information content (AvgIpc) is 2.09. The summed E-state index contributed by atoms with van der Waals surface area (Å²) in [5.41, 5.74) is 1.01. The number of hydrogen-bond donors (Lipinski definition) is 2. The van der Waals surface area contributed by atoms with Gasteiger partial charge in [-0.05, 0) is 30.4 Å². The van der Waals surface area contributed by atoms with Crippen LogP contribution in [0.4, 0.5) is 5.69 Å². The highest BCUT2D eigenvalue weighted by atomic mass is 16.3. The predicted octanol–water partition coefficient (Wildman–Crippen LogP) is 1.51. The van der Waals surface area contributed by atoms with Crippen LogP contribution in [0.15, 0.2) is 23.4 Å². The van der Waals surface area contributed by atoms with Gasteiger partial charge in [-0.15, -0.1) is 4.91 Å². The molecule has 0 aromatic heterocycles. The molecule has 0 bridgehead atoms. The second-order valence-corrected chi connectivity index (χ2v) is 2.43. The molecule has 0 heterocycles. The minimum Gasteiger partial charge on any atom is -0.508 e. The second-order valence-electron chi connectivity index (χ2n) is 2.43. The molecule has 0 saturated heterocycles. The van der Waals surface area contributed by atoms with Gasteiger partial charge in [0.1, 0.15) is 11.4 Å². The second kappa shape index (κ2) is 3.82. The number of aromatic hydroxyl groups is 1. The normalized spacial score (nSPS) is 9.75. The molecule has 0 aliphatic heterocycles. The summed E-state index contributed by atoms with van der Waals surface area (Å²) in [7, 11) is 1.76. The molecule has 2 N–H and O–H groups in total. The molecule has 4 nitrogen and oxygen atoms in total. The Bertz CT molecular complexity index is 286. The lowest BCUT2D eigenvalue weighted by molar-refractivity contribution is 0.466. The third kappa shape index (κ3) is 1.79. The van der Waals surface area contributed by atoms with Gasteiger partial charge in [-0.2, -0.15) is 0 Å². The molecule has 0 unspecified atom stereocenters.